The lowest BCUT2D eigenvalue weighted by Gasteiger charge is -2.16. The Balaban J connectivity index is 2.08. The average Bonchev–Trinajstić information content (AvgIpc) is 2.90. The molecule has 0 unspecified atom stereocenters. The van der Waals surface area contributed by atoms with Gasteiger partial charge in [0.15, 0.2) is 0 Å². The van der Waals surface area contributed by atoms with Gasteiger partial charge < -0.3 is 10.3 Å². The van der Waals surface area contributed by atoms with Crippen molar-refractivity contribution in [3.05, 3.63) is 36.8 Å². The molecule has 0 aliphatic heterocycles. The Morgan fingerprint density at radius 2 is 1.88 bits per heavy atom. The lowest BCUT2D eigenvalue weighted by Crippen LogP contribution is -2.16. The maximum Gasteiger partial charge on any atom is 0.0924 e. The topological polar surface area (TPSA) is 40.7 Å². The second-order valence-electron chi connectivity index (χ2n) is 4.20. The minimum absolute atomic E-state index is 0.563. The summed E-state index contributed by atoms with van der Waals surface area (Å²) in [7, 11) is 0. The van der Waals surface area contributed by atoms with E-state index in [0.717, 1.165) is 24.1 Å². The van der Waals surface area contributed by atoms with Crippen molar-refractivity contribution in [2.24, 2.45) is 0 Å². The van der Waals surface area contributed by atoms with Crippen LogP contribution in [0.3, 0.4) is 0 Å². The van der Waals surface area contributed by atoms with E-state index in [4.69, 9.17) is 0 Å². The summed E-state index contributed by atoms with van der Waals surface area (Å²) in [6, 6.07) is 9.02. The number of hydrogen-bond acceptors (Lipinski definition) is 2. The molecule has 0 fully saturated rings. The summed E-state index contributed by atoms with van der Waals surface area (Å²) in [4.78, 5) is 7.13. The predicted molar refractivity (Wildman–Crippen MR) is 72.0 cm³/mol. The van der Waals surface area contributed by atoms with Crippen LogP contribution in [0.1, 0.15) is 26.7 Å². The van der Waals surface area contributed by atoms with Crippen molar-refractivity contribution in [2.75, 3.05) is 5.32 Å². The van der Waals surface area contributed by atoms with Crippen LogP contribution in [0, 0.1) is 0 Å². The van der Waals surface area contributed by atoms with E-state index >= 15 is 0 Å². The summed E-state index contributed by atoms with van der Waals surface area (Å²) in [5.41, 5.74) is 3.40. The first-order valence-corrected chi connectivity index (χ1v) is 6.18. The van der Waals surface area contributed by atoms with Crippen molar-refractivity contribution in [3.8, 4) is 11.3 Å². The molecule has 0 aliphatic rings. The van der Waals surface area contributed by atoms with Gasteiger partial charge in [-0.05, 0) is 30.5 Å². The first-order chi connectivity index (χ1) is 8.33. The van der Waals surface area contributed by atoms with Crippen LogP contribution in [0.15, 0.2) is 36.8 Å². The third-order valence-electron chi connectivity index (χ3n) is 3.05. The Bertz CT molecular complexity index is 427. The summed E-state index contributed by atoms with van der Waals surface area (Å²) in [5, 5.41) is 3.53. The molecule has 3 heteroatoms. The van der Waals surface area contributed by atoms with E-state index in [9.17, 15) is 0 Å². The van der Waals surface area contributed by atoms with E-state index in [1.807, 2.05) is 6.20 Å². The van der Waals surface area contributed by atoms with Gasteiger partial charge in [-0.1, -0.05) is 26.0 Å². The number of H-pyrrole nitrogens is 1. The van der Waals surface area contributed by atoms with Crippen LogP contribution in [0.4, 0.5) is 5.69 Å². The summed E-state index contributed by atoms with van der Waals surface area (Å²) in [6.07, 6.45) is 5.84. The van der Waals surface area contributed by atoms with Gasteiger partial charge in [0.25, 0.3) is 0 Å². The summed E-state index contributed by atoms with van der Waals surface area (Å²) < 4.78 is 0. The van der Waals surface area contributed by atoms with Gasteiger partial charge in [-0.2, -0.15) is 0 Å². The molecule has 2 N–H and O–H groups in total. The van der Waals surface area contributed by atoms with Gasteiger partial charge in [-0.15, -0.1) is 0 Å². The van der Waals surface area contributed by atoms with Gasteiger partial charge in [0.05, 0.1) is 18.2 Å². The maximum absolute atomic E-state index is 4.02. The Kier molecular flexibility index (Phi) is 3.81. The largest absolute Gasteiger partial charge is 0.382 e. The molecule has 1 aromatic carbocycles. The Morgan fingerprint density at radius 3 is 2.41 bits per heavy atom. The van der Waals surface area contributed by atoms with Crippen LogP contribution in [0.5, 0.6) is 0 Å². The van der Waals surface area contributed by atoms with Gasteiger partial charge in [0, 0.05) is 11.7 Å². The molecule has 0 saturated heterocycles. The number of hydrogen-bond donors (Lipinski definition) is 2. The minimum Gasteiger partial charge on any atom is -0.382 e. The molecule has 3 nitrogen and oxygen atoms in total. The van der Waals surface area contributed by atoms with Gasteiger partial charge >= 0.3 is 0 Å². The van der Waals surface area contributed by atoms with E-state index < -0.39 is 0 Å². The first kappa shape index (κ1) is 11.7. The third kappa shape index (κ3) is 2.87. The SMILES string of the molecule is CCC(CC)Nc1ccc(-c2cnc[nH]2)cc1. The quantitative estimate of drug-likeness (QED) is 0.821. The molecular weight excluding hydrogens is 210 g/mol. The number of benzene rings is 1. The summed E-state index contributed by atoms with van der Waals surface area (Å²) >= 11 is 0. The standard InChI is InChI=1S/C14H19N3/c1-3-12(4-2)17-13-7-5-11(6-8-13)14-9-15-10-16-14/h5-10,12,17H,3-4H2,1-2H3,(H,15,16). The fourth-order valence-corrected chi connectivity index (χ4v) is 1.89. The Labute approximate surface area is 102 Å². The predicted octanol–water partition coefficient (Wildman–Crippen LogP) is 3.68. The smallest absolute Gasteiger partial charge is 0.0924 e. The fraction of sp³-hybridized carbons (Fsp3) is 0.357. The van der Waals surface area contributed by atoms with E-state index in [0.29, 0.717) is 6.04 Å². The first-order valence-electron chi connectivity index (χ1n) is 6.18. The van der Waals surface area contributed by atoms with Gasteiger partial charge in [-0.25, -0.2) is 4.98 Å². The fourth-order valence-electron chi connectivity index (χ4n) is 1.89. The number of nitrogens with zero attached hydrogens (tertiary/aromatic N) is 1. The van der Waals surface area contributed by atoms with Crippen molar-refractivity contribution < 1.29 is 0 Å². The molecule has 0 aliphatic carbocycles. The summed E-state index contributed by atoms with van der Waals surface area (Å²) in [6.45, 7) is 4.42. The number of imidazole rings is 1. The van der Waals surface area contributed by atoms with Crippen molar-refractivity contribution in [1.82, 2.24) is 9.97 Å². The molecule has 1 heterocycles. The highest BCUT2D eigenvalue weighted by atomic mass is 14.9. The van der Waals surface area contributed by atoms with Crippen LogP contribution in [-0.2, 0) is 0 Å². The van der Waals surface area contributed by atoms with Crippen molar-refractivity contribution in [2.45, 2.75) is 32.7 Å². The highest BCUT2D eigenvalue weighted by Gasteiger charge is 2.03. The molecule has 2 aromatic rings. The second-order valence-corrected chi connectivity index (χ2v) is 4.20. The van der Waals surface area contributed by atoms with Gasteiger partial charge in [0.1, 0.15) is 0 Å². The molecule has 0 bridgehead atoms. The van der Waals surface area contributed by atoms with Crippen molar-refractivity contribution >= 4 is 5.69 Å². The number of rotatable bonds is 5. The van der Waals surface area contributed by atoms with Crippen LogP contribution < -0.4 is 5.32 Å². The molecule has 0 saturated carbocycles. The van der Waals surface area contributed by atoms with Crippen LogP contribution in [0.2, 0.25) is 0 Å². The molecule has 0 radical (unpaired) electrons. The highest BCUT2D eigenvalue weighted by molar-refractivity contribution is 5.62. The molecule has 2 rings (SSSR count). The molecule has 0 atom stereocenters. The molecular formula is C14H19N3. The zero-order valence-electron chi connectivity index (χ0n) is 10.4. The maximum atomic E-state index is 4.02. The van der Waals surface area contributed by atoms with Crippen molar-refractivity contribution in [3.63, 3.8) is 0 Å². The Hall–Kier alpha value is -1.77. The minimum atomic E-state index is 0.563. The van der Waals surface area contributed by atoms with Crippen LogP contribution in [-0.4, -0.2) is 16.0 Å². The molecule has 17 heavy (non-hydrogen) atoms. The van der Waals surface area contributed by atoms with E-state index in [1.54, 1.807) is 6.33 Å². The van der Waals surface area contributed by atoms with E-state index in [2.05, 4.69) is 53.4 Å². The normalized spacial score (nSPS) is 10.8. The second kappa shape index (κ2) is 5.53. The molecule has 1 aromatic heterocycles. The number of nitrogens with one attached hydrogen (secondary N) is 2. The highest BCUT2D eigenvalue weighted by Crippen LogP contribution is 2.19. The van der Waals surface area contributed by atoms with Crippen LogP contribution >= 0.6 is 0 Å². The lowest BCUT2D eigenvalue weighted by molar-refractivity contribution is 0.672. The van der Waals surface area contributed by atoms with E-state index in [1.165, 1.54) is 5.69 Å². The monoisotopic (exact) mass is 229 g/mol. The van der Waals surface area contributed by atoms with Gasteiger partial charge in [-0.3, -0.25) is 0 Å². The van der Waals surface area contributed by atoms with E-state index in [-0.39, 0.29) is 0 Å². The van der Waals surface area contributed by atoms with Crippen molar-refractivity contribution in [1.29, 1.82) is 0 Å². The molecule has 0 amide bonds. The third-order valence-corrected chi connectivity index (χ3v) is 3.05. The number of aromatic nitrogens is 2. The lowest BCUT2D eigenvalue weighted by atomic mass is 10.1. The number of anilines is 1. The Morgan fingerprint density at radius 1 is 1.18 bits per heavy atom. The number of aromatic amines is 1. The van der Waals surface area contributed by atoms with Crippen LogP contribution in [0.25, 0.3) is 11.3 Å². The zero-order valence-corrected chi connectivity index (χ0v) is 10.4. The van der Waals surface area contributed by atoms with Gasteiger partial charge in [0.2, 0.25) is 0 Å². The summed E-state index contributed by atoms with van der Waals surface area (Å²) in [5.74, 6) is 0. The average molecular weight is 229 g/mol. The molecule has 90 valence electrons. The zero-order chi connectivity index (χ0) is 12.1. The molecule has 0 spiro atoms.